The summed E-state index contributed by atoms with van der Waals surface area (Å²) in [5.74, 6) is -0.295. The molecule has 1 fully saturated rings. The molecule has 0 saturated carbocycles. The Morgan fingerprint density at radius 1 is 1.44 bits per heavy atom. The monoisotopic (exact) mass is 334 g/mol. The maximum absolute atomic E-state index is 11.0. The van der Waals surface area contributed by atoms with Crippen LogP contribution in [0.2, 0.25) is 0 Å². The van der Waals surface area contributed by atoms with Gasteiger partial charge >= 0.3 is 5.97 Å². The predicted molar refractivity (Wildman–Crippen MR) is 68.6 cm³/mol. The van der Waals surface area contributed by atoms with E-state index in [1.54, 1.807) is 18.2 Å². The second-order valence-corrected chi connectivity index (χ2v) is 7.16. The highest BCUT2D eigenvalue weighted by atomic mass is 79.9. The molecule has 1 aromatic carbocycles. The van der Waals surface area contributed by atoms with Crippen LogP contribution >= 0.6 is 15.9 Å². The molecule has 98 valence electrons. The van der Waals surface area contributed by atoms with Gasteiger partial charge in [-0.05, 0) is 33.6 Å². The van der Waals surface area contributed by atoms with Crippen molar-refractivity contribution in [3.05, 3.63) is 28.2 Å². The van der Waals surface area contributed by atoms with Crippen LogP contribution in [0, 0.1) is 0 Å². The van der Waals surface area contributed by atoms with Crippen molar-refractivity contribution < 1.29 is 23.1 Å². The van der Waals surface area contributed by atoms with Gasteiger partial charge in [-0.3, -0.25) is 4.79 Å². The maximum atomic E-state index is 11.0. The third kappa shape index (κ3) is 3.23. The number of hydrogen-bond donors (Lipinski definition) is 1. The van der Waals surface area contributed by atoms with Crippen molar-refractivity contribution in [2.45, 2.75) is 12.5 Å². The molecule has 0 radical (unpaired) electrons. The zero-order valence-electron chi connectivity index (χ0n) is 9.30. The average Bonchev–Trinajstić information content (AvgIpc) is 2.18. The lowest BCUT2D eigenvalue weighted by molar-refractivity contribution is -0.136. The first kappa shape index (κ1) is 13.4. The van der Waals surface area contributed by atoms with Gasteiger partial charge < -0.3 is 9.84 Å². The van der Waals surface area contributed by atoms with Crippen LogP contribution in [0.3, 0.4) is 0 Å². The van der Waals surface area contributed by atoms with E-state index in [0.29, 0.717) is 15.8 Å². The molecular formula is C11H11BrO5S. The number of carbonyl (C=O) groups is 1. The molecule has 18 heavy (non-hydrogen) atoms. The summed E-state index contributed by atoms with van der Waals surface area (Å²) in [5.41, 5.74) is 0.656. The van der Waals surface area contributed by atoms with Gasteiger partial charge in [0.2, 0.25) is 0 Å². The predicted octanol–water partition coefficient (Wildman–Crippen LogP) is 1.25. The molecule has 1 N–H and O–H groups in total. The van der Waals surface area contributed by atoms with Crippen LogP contribution in [0.4, 0.5) is 0 Å². The van der Waals surface area contributed by atoms with Crippen molar-refractivity contribution in [1.82, 2.24) is 0 Å². The molecule has 1 aromatic rings. The smallest absolute Gasteiger partial charge is 0.307 e. The zero-order valence-corrected chi connectivity index (χ0v) is 11.7. The molecule has 1 aliphatic rings. The highest BCUT2D eigenvalue weighted by Gasteiger charge is 2.35. The van der Waals surface area contributed by atoms with Gasteiger partial charge in [0.05, 0.1) is 22.4 Å². The van der Waals surface area contributed by atoms with Crippen LogP contribution in [0.1, 0.15) is 5.56 Å². The van der Waals surface area contributed by atoms with Gasteiger partial charge in [0.1, 0.15) is 11.9 Å². The van der Waals surface area contributed by atoms with Crippen LogP contribution in [0.15, 0.2) is 22.7 Å². The van der Waals surface area contributed by atoms with Crippen molar-refractivity contribution in [1.29, 1.82) is 0 Å². The number of halogens is 1. The van der Waals surface area contributed by atoms with Crippen LogP contribution in [-0.2, 0) is 21.1 Å². The van der Waals surface area contributed by atoms with Gasteiger partial charge in [-0.25, -0.2) is 8.42 Å². The van der Waals surface area contributed by atoms with Crippen LogP contribution in [0.25, 0.3) is 0 Å². The maximum Gasteiger partial charge on any atom is 0.307 e. The van der Waals surface area contributed by atoms with E-state index >= 15 is 0 Å². The second kappa shape index (κ2) is 4.89. The van der Waals surface area contributed by atoms with E-state index in [-0.39, 0.29) is 24.0 Å². The fourth-order valence-corrected chi connectivity index (χ4v) is 3.38. The van der Waals surface area contributed by atoms with E-state index in [1.807, 2.05) is 0 Å². The van der Waals surface area contributed by atoms with Crippen molar-refractivity contribution in [2.24, 2.45) is 0 Å². The molecule has 0 aromatic heterocycles. The van der Waals surface area contributed by atoms with E-state index in [9.17, 15) is 13.2 Å². The molecule has 0 aliphatic carbocycles. The van der Waals surface area contributed by atoms with Gasteiger partial charge in [-0.2, -0.15) is 0 Å². The Hall–Kier alpha value is -1.08. The molecule has 5 nitrogen and oxygen atoms in total. The first-order valence-corrected chi connectivity index (χ1v) is 7.84. The Bertz CT molecular complexity index is 569. The molecule has 2 rings (SSSR count). The van der Waals surface area contributed by atoms with E-state index < -0.39 is 15.8 Å². The lowest BCUT2D eigenvalue weighted by atomic mass is 10.1. The molecule has 0 spiro atoms. The first-order chi connectivity index (χ1) is 8.35. The number of rotatable bonds is 4. The molecule has 1 heterocycles. The number of carboxylic acids is 1. The van der Waals surface area contributed by atoms with E-state index in [4.69, 9.17) is 9.84 Å². The number of ether oxygens (including phenoxy) is 1. The minimum atomic E-state index is -2.91. The topological polar surface area (TPSA) is 80.7 Å². The summed E-state index contributed by atoms with van der Waals surface area (Å²) >= 11 is 3.28. The highest BCUT2D eigenvalue weighted by Crippen LogP contribution is 2.29. The minimum Gasteiger partial charge on any atom is -0.487 e. The SMILES string of the molecule is O=C(O)Cc1ccc(OC2CS(=O)(=O)C2)c(Br)c1. The van der Waals surface area contributed by atoms with Crippen molar-refractivity contribution in [2.75, 3.05) is 11.5 Å². The van der Waals surface area contributed by atoms with Crippen LogP contribution < -0.4 is 4.74 Å². The summed E-state index contributed by atoms with van der Waals surface area (Å²) in [4.78, 5) is 10.6. The van der Waals surface area contributed by atoms with Gasteiger partial charge in [-0.15, -0.1) is 0 Å². The van der Waals surface area contributed by atoms with Gasteiger partial charge in [0.15, 0.2) is 9.84 Å². The Morgan fingerprint density at radius 2 is 2.11 bits per heavy atom. The third-order valence-corrected chi connectivity index (χ3v) is 4.90. The molecule has 1 saturated heterocycles. The molecular weight excluding hydrogens is 324 g/mol. The van der Waals surface area contributed by atoms with E-state index in [2.05, 4.69) is 15.9 Å². The Labute approximate surface area is 113 Å². The highest BCUT2D eigenvalue weighted by molar-refractivity contribution is 9.10. The standard InChI is InChI=1S/C11H11BrO5S/c12-9-3-7(4-11(13)14)1-2-10(9)17-8-5-18(15,16)6-8/h1-3,8H,4-6H2,(H,13,14). The quantitative estimate of drug-likeness (QED) is 0.896. The second-order valence-electron chi connectivity index (χ2n) is 4.15. The Morgan fingerprint density at radius 3 is 2.61 bits per heavy atom. The van der Waals surface area contributed by atoms with Gasteiger partial charge in [0.25, 0.3) is 0 Å². The van der Waals surface area contributed by atoms with E-state index in [1.165, 1.54) is 0 Å². The van der Waals surface area contributed by atoms with Crippen molar-refractivity contribution in [3.8, 4) is 5.75 Å². The number of aliphatic carboxylic acids is 1. The largest absolute Gasteiger partial charge is 0.487 e. The Kier molecular flexibility index (Phi) is 3.63. The molecule has 0 atom stereocenters. The summed E-state index contributed by atoms with van der Waals surface area (Å²) in [6.07, 6.45) is -0.368. The number of hydrogen-bond acceptors (Lipinski definition) is 4. The molecule has 7 heteroatoms. The molecule has 0 unspecified atom stereocenters. The lowest BCUT2D eigenvalue weighted by Crippen LogP contribution is -2.45. The molecule has 0 amide bonds. The summed E-state index contributed by atoms with van der Waals surface area (Å²) in [6, 6.07) is 4.96. The summed E-state index contributed by atoms with van der Waals surface area (Å²) < 4.78 is 28.1. The lowest BCUT2D eigenvalue weighted by Gasteiger charge is -2.27. The minimum absolute atomic E-state index is 0.0380. The number of benzene rings is 1. The Balaban J connectivity index is 2.04. The van der Waals surface area contributed by atoms with Gasteiger partial charge in [0, 0.05) is 0 Å². The average molecular weight is 335 g/mol. The van der Waals surface area contributed by atoms with Crippen LogP contribution in [-0.4, -0.2) is 37.1 Å². The third-order valence-electron chi connectivity index (χ3n) is 2.52. The van der Waals surface area contributed by atoms with E-state index in [0.717, 1.165) is 0 Å². The van der Waals surface area contributed by atoms with Crippen molar-refractivity contribution >= 4 is 31.7 Å². The number of carboxylic acid groups (broad SMARTS) is 1. The number of sulfone groups is 1. The fraction of sp³-hybridized carbons (Fsp3) is 0.364. The van der Waals surface area contributed by atoms with Crippen molar-refractivity contribution in [3.63, 3.8) is 0 Å². The summed E-state index contributed by atoms with van der Waals surface area (Å²) in [6.45, 7) is 0. The fourth-order valence-electron chi connectivity index (χ4n) is 1.69. The zero-order chi connectivity index (χ0) is 13.3. The summed E-state index contributed by atoms with van der Waals surface area (Å²) in [5, 5.41) is 8.66. The first-order valence-electron chi connectivity index (χ1n) is 5.23. The van der Waals surface area contributed by atoms with Crippen LogP contribution in [0.5, 0.6) is 5.75 Å². The normalized spacial score (nSPS) is 18.1. The summed E-state index contributed by atoms with van der Waals surface area (Å²) in [7, 11) is -2.91. The molecule has 1 aliphatic heterocycles. The van der Waals surface area contributed by atoms with Gasteiger partial charge in [-0.1, -0.05) is 6.07 Å². The molecule has 0 bridgehead atoms.